The lowest BCUT2D eigenvalue weighted by atomic mass is 10.5. The van der Waals surface area contributed by atoms with E-state index in [1.54, 1.807) is 13.8 Å². The summed E-state index contributed by atoms with van der Waals surface area (Å²) in [7, 11) is -2.82. The number of nitrogens with one attached hydrogen (secondary N) is 1. The maximum atomic E-state index is 11.3. The second kappa shape index (κ2) is 5.54. The van der Waals surface area contributed by atoms with Crippen molar-refractivity contribution in [3.05, 3.63) is 0 Å². The molecule has 0 fully saturated rings. The van der Waals surface area contributed by atoms with Gasteiger partial charge in [0, 0.05) is 0 Å². The van der Waals surface area contributed by atoms with Crippen LogP contribution in [0.5, 0.6) is 0 Å². The quantitative estimate of drug-likeness (QED) is 0.635. The SMILES string of the molecule is CCNCCCS(=O)(=O)C(C)C. The van der Waals surface area contributed by atoms with Crippen molar-refractivity contribution < 1.29 is 8.42 Å². The topological polar surface area (TPSA) is 46.2 Å². The molecule has 0 aliphatic rings. The smallest absolute Gasteiger partial charge is 0.152 e. The standard InChI is InChI=1S/C8H19NO2S/c1-4-9-6-5-7-12(10,11)8(2)3/h8-9H,4-7H2,1-3H3. The molecule has 0 saturated heterocycles. The van der Waals surface area contributed by atoms with Crippen molar-refractivity contribution in [2.24, 2.45) is 0 Å². The zero-order valence-corrected chi connectivity index (χ0v) is 8.95. The summed E-state index contributed by atoms with van der Waals surface area (Å²) in [5.74, 6) is 0.303. The second-order valence-corrected chi connectivity index (χ2v) is 5.80. The van der Waals surface area contributed by atoms with Crippen LogP contribution >= 0.6 is 0 Å². The van der Waals surface area contributed by atoms with E-state index in [9.17, 15) is 8.42 Å². The summed E-state index contributed by atoms with van der Waals surface area (Å²) in [6, 6.07) is 0. The third-order valence-corrected chi connectivity index (χ3v) is 4.04. The molecule has 0 amide bonds. The predicted octanol–water partition coefficient (Wildman–Crippen LogP) is 0.809. The lowest BCUT2D eigenvalue weighted by Gasteiger charge is -2.06. The van der Waals surface area contributed by atoms with Gasteiger partial charge in [-0.2, -0.15) is 0 Å². The zero-order valence-electron chi connectivity index (χ0n) is 8.13. The molecular formula is C8H19NO2S. The van der Waals surface area contributed by atoms with Crippen molar-refractivity contribution in [2.75, 3.05) is 18.8 Å². The van der Waals surface area contributed by atoms with Crippen molar-refractivity contribution in [1.82, 2.24) is 5.32 Å². The third kappa shape index (κ3) is 4.72. The van der Waals surface area contributed by atoms with Crippen LogP contribution < -0.4 is 5.32 Å². The Morgan fingerprint density at radius 1 is 1.33 bits per heavy atom. The number of hydrogen-bond acceptors (Lipinski definition) is 3. The average Bonchev–Trinajstić information content (AvgIpc) is 1.98. The Morgan fingerprint density at radius 2 is 1.92 bits per heavy atom. The highest BCUT2D eigenvalue weighted by Crippen LogP contribution is 2.01. The molecule has 1 N–H and O–H groups in total. The highest BCUT2D eigenvalue weighted by Gasteiger charge is 2.14. The van der Waals surface area contributed by atoms with Crippen molar-refractivity contribution in [2.45, 2.75) is 32.4 Å². The van der Waals surface area contributed by atoms with Gasteiger partial charge in [-0.1, -0.05) is 6.92 Å². The van der Waals surface area contributed by atoms with Gasteiger partial charge in [0.1, 0.15) is 0 Å². The van der Waals surface area contributed by atoms with Crippen molar-refractivity contribution in [3.63, 3.8) is 0 Å². The fourth-order valence-corrected chi connectivity index (χ4v) is 1.83. The van der Waals surface area contributed by atoms with Crippen LogP contribution in [-0.4, -0.2) is 32.5 Å². The number of hydrogen-bond donors (Lipinski definition) is 1. The lowest BCUT2D eigenvalue weighted by molar-refractivity contribution is 0.581. The maximum Gasteiger partial charge on any atom is 0.152 e. The van der Waals surface area contributed by atoms with E-state index in [1.165, 1.54) is 0 Å². The summed E-state index contributed by atoms with van der Waals surface area (Å²) < 4.78 is 22.5. The molecule has 0 bridgehead atoms. The van der Waals surface area contributed by atoms with Gasteiger partial charge >= 0.3 is 0 Å². The molecule has 0 aromatic carbocycles. The van der Waals surface area contributed by atoms with E-state index >= 15 is 0 Å². The Kier molecular flexibility index (Phi) is 5.50. The molecule has 0 aliphatic carbocycles. The molecule has 0 aliphatic heterocycles. The molecule has 0 heterocycles. The van der Waals surface area contributed by atoms with Crippen LogP contribution in [0.1, 0.15) is 27.2 Å². The monoisotopic (exact) mass is 193 g/mol. The highest BCUT2D eigenvalue weighted by atomic mass is 32.2. The van der Waals surface area contributed by atoms with Gasteiger partial charge in [-0.05, 0) is 33.4 Å². The van der Waals surface area contributed by atoms with Gasteiger partial charge < -0.3 is 5.32 Å². The molecule has 0 unspecified atom stereocenters. The van der Waals surface area contributed by atoms with Crippen LogP contribution in [-0.2, 0) is 9.84 Å². The molecule has 0 aromatic rings. The van der Waals surface area contributed by atoms with Crippen molar-refractivity contribution >= 4 is 9.84 Å². The number of rotatable bonds is 6. The second-order valence-electron chi connectivity index (χ2n) is 3.12. The van der Waals surface area contributed by atoms with Crippen molar-refractivity contribution in [3.8, 4) is 0 Å². The Bertz CT molecular complexity index is 197. The first-order chi connectivity index (χ1) is 5.50. The Hall–Kier alpha value is -0.0900. The molecule has 0 rings (SSSR count). The van der Waals surface area contributed by atoms with Crippen LogP contribution in [0.25, 0.3) is 0 Å². The van der Waals surface area contributed by atoms with Gasteiger partial charge in [-0.3, -0.25) is 0 Å². The zero-order chi connectivity index (χ0) is 9.61. The summed E-state index contributed by atoms with van der Waals surface area (Å²) in [4.78, 5) is 0. The van der Waals surface area contributed by atoms with Crippen LogP contribution in [0.3, 0.4) is 0 Å². The normalized spacial score (nSPS) is 12.3. The highest BCUT2D eigenvalue weighted by molar-refractivity contribution is 7.91. The Morgan fingerprint density at radius 3 is 2.33 bits per heavy atom. The largest absolute Gasteiger partial charge is 0.317 e. The van der Waals surface area contributed by atoms with Gasteiger partial charge in [0.05, 0.1) is 11.0 Å². The van der Waals surface area contributed by atoms with E-state index < -0.39 is 9.84 Å². The molecule has 0 saturated carbocycles. The van der Waals surface area contributed by atoms with Crippen LogP contribution in [0.2, 0.25) is 0 Å². The molecule has 3 nitrogen and oxygen atoms in total. The molecular weight excluding hydrogens is 174 g/mol. The first-order valence-electron chi connectivity index (χ1n) is 4.43. The van der Waals surface area contributed by atoms with Gasteiger partial charge in [0.25, 0.3) is 0 Å². The molecule has 0 aromatic heterocycles. The van der Waals surface area contributed by atoms with Crippen molar-refractivity contribution in [1.29, 1.82) is 0 Å². The first-order valence-corrected chi connectivity index (χ1v) is 6.14. The maximum absolute atomic E-state index is 11.3. The fourth-order valence-electron chi connectivity index (χ4n) is 0.811. The van der Waals surface area contributed by atoms with Crippen LogP contribution in [0.15, 0.2) is 0 Å². The summed E-state index contributed by atoms with van der Waals surface area (Å²) in [6.07, 6.45) is 0.717. The fraction of sp³-hybridized carbons (Fsp3) is 1.00. The van der Waals surface area contributed by atoms with Crippen LogP contribution in [0.4, 0.5) is 0 Å². The lowest BCUT2D eigenvalue weighted by Crippen LogP contribution is -2.22. The molecule has 12 heavy (non-hydrogen) atoms. The summed E-state index contributed by atoms with van der Waals surface area (Å²) in [5, 5.41) is 2.86. The predicted molar refractivity (Wildman–Crippen MR) is 52.1 cm³/mol. The van der Waals surface area contributed by atoms with E-state index in [-0.39, 0.29) is 5.25 Å². The first kappa shape index (κ1) is 11.9. The number of sulfone groups is 1. The average molecular weight is 193 g/mol. The minimum atomic E-state index is -2.82. The molecule has 0 atom stereocenters. The summed E-state index contributed by atoms with van der Waals surface area (Å²) >= 11 is 0. The van der Waals surface area contributed by atoms with E-state index in [0.717, 1.165) is 13.1 Å². The molecule has 4 heteroatoms. The summed E-state index contributed by atoms with van der Waals surface area (Å²) in [6.45, 7) is 7.16. The third-order valence-electron chi connectivity index (χ3n) is 1.75. The molecule has 0 spiro atoms. The van der Waals surface area contributed by atoms with Crippen LogP contribution in [0, 0.1) is 0 Å². The Labute approximate surface area is 75.5 Å². The van der Waals surface area contributed by atoms with Gasteiger partial charge in [0.15, 0.2) is 9.84 Å². The molecule has 74 valence electrons. The van der Waals surface area contributed by atoms with Gasteiger partial charge in [0.2, 0.25) is 0 Å². The minimum absolute atomic E-state index is 0.237. The van der Waals surface area contributed by atoms with E-state index in [0.29, 0.717) is 12.2 Å². The van der Waals surface area contributed by atoms with Gasteiger partial charge in [-0.15, -0.1) is 0 Å². The van der Waals surface area contributed by atoms with E-state index in [2.05, 4.69) is 5.32 Å². The van der Waals surface area contributed by atoms with Gasteiger partial charge in [-0.25, -0.2) is 8.42 Å². The molecule has 0 radical (unpaired) electrons. The summed E-state index contributed by atoms with van der Waals surface area (Å²) in [5.41, 5.74) is 0. The van der Waals surface area contributed by atoms with E-state index in [4.69, 9.17) is 0 Å². The van der Waals surface area contributed by atoms with E-state index in [1.807, 2.05) is 6.92 Å². The Balaban J connectivity index is 3.63. The minimum Gasteiger partial charge on any atom is -0.317 e.